The highest BCUT2D eigenvalue weighted by Gasteiger charge is 2.25. The molecule has 36 heavy (non-hydrogen) atoms. The molecule has 3 aromatic rings. The topological polar surface area (TPSA) is 91.0 Å². The molecule has 0 radical (unpaired) electrons. The van der Waals surface area contributed by atoms with E-state index in [-0.39, 0.29) is 28.9 Å². The molecule has 2 aromatic heterocycles. The fourth-order valence-electron chi connectivity index (χ4n) is 4.33. The first kappa shape index (κ1) is 23.8. The minimum atomic E-state index is -0.673. The molecule has 5 rings (SSSR count). The summed E-state index contributed by atoms with van der Waals surface area (Å²) in [6, 6.07) is 4.98. The molecular formula is C27H25F2N5O2. The largest absolute Gasteiger partial charge is 0.348 e. The Morgan fingerprint density at radius 3 is 2.75 bits per heavy atom. The average Bonchev–Trinajstić information content (AvgIpc) is 3.68. The van der Waals surface area contributed by atoms with E-state index in [0.717, 1.165) is 18.4 Å². The minimum absolute atomic E-state index is 0.0491. The Balaban J connectivity index is 1.35. The van der Waals surface area contributed by atoms with Crippen molar-refractivity contribution in [2.45, 2.75) is 45.7 Å². The van der Waals surface area contributed by atoms with E-state index in [1.54, 1.807) is 32.0 Å². The maximum Gasteiger partial charge on any atom is 0.270 e. The van der Waals surface area contributed by atoms with Crippen LogP contribution in [-0.2, 0) is 6.54 Å². The minimum Gasteiger partial charge on any atom is -0.348 e. The zero-order valence-electron chi connectivity index (χ0n) is 20.0. The normalized spacial score (nSPS) is 15.8. The average molecular weight is 490 g/mol. The number of carbonyl (C=O) groups excluding carboxylic acids is 1. The highest BCUT2D eigenvalue weighted by molar-refractivity contribution is 5.93. The molecule has 0 unspecified atom stereocenters. The fourth-order valence-corrected chi connectivity index (χ4v) is 4.33. The molecule has 7 nitrogen and oxygen atoms in total. The summed E-state index contributed by atoms with van der Waals surface area (Å²) in [6.45, 7) is 4.60. The second kappa shape index (κ2) is 9.63. The van der Waals surface area contributed by atoms with E-state index in [2.05, 4.69) is 32.1 Å². The van der Waals surface area contributed by atoms with Crippen LogP contribution >= 0.6 is 0 Å². The SMILES string of the molecule is CC#Cc1cc(CN2CC=C(c3ccc(C(=O)NC4CC4)nc3F)CC2)c(F)c2[nH]c(=O)c(C)nc12. The highest BCUT2D eigenvalue weighted by atomic mass is 19.1. The number of aromatic amines is 1. The third-order valence-corrected chi connectivity index (χ3v) is 6.45. The number of aromatic nitrogens is 3. The molecular weight excluding hydrogens is 464 g/mol. The van der Waals surface area contributed by atoms with Gasteiger partial charge in [0.1, 0.15) is 22.4 Å². The van der Waals surface area contributed by atoms with Crippen LogP contribution in [0, 0.1) is 30.5 Å². The summed E-state index contributed by atoms with van der Waals surface area (Å²) in [5.41, 5.74) is 2.38. The summed E-state index contributed by atoms with van der Waals surface area (Å²) < 4.78 is 30.1. The van der Waals surface area contributed by atoms with Gasteiger partial charge in [-0.25, -0.2) is 14.4 Å². The zero-order valence-corrected chi connectivity index (χ0v) is 20.0. The van der Waals surface area contributed by atoms with Gasteiger partial charge in [0, 0.05) is 36.8 Å². The summed E-state index contributed by atoms with van der Waals surface area (Å²) in [5, 5.41) is 2.81. The van der Waals surface area contributed by atoms with Crippen LogP contribution in [0.2, 0.25) is 0 Å². The zero-order chi connectivity index (χ0) is 25.4. The third kappa shape index (κ3) is 4.77. The molecule has 0 spiro atoms. The lowest BCUT2D eigenvalue weighted by Crippen LogP contribution is -2.29. The molecule has 3 heterocycles. The number of halogens is 2. The van der Waals surface area contributed by atoms with Crippen molar-refractivity contribution in [3.05, 3.63) is 74.5 Å². The van der Waals surface area contributed by atoms with Crippen molar-refractivity contribution in [3.63, 3.8) is 0 Å². The van der Waals surface area contributed by atoms with E-state index in [1.807, 2.05) is 11.0 Å². The van der Waals surface area contributed by atoms with Crippen LogP contribution in [0.3, 0.4) is 0 Å². The smallest absolute Gasteiger partial charge is 0.270 e. The first-order chi connectivity index (χ1) is 17.3. The van der Waals surface area contributed by atoms with E-state index >= 15 is 4.39 Å². The van der Waals surface area contributed by atoms with Crippen LogP contribution in [0.15, 0.2) is 29.1 Å². The van der Waals surface area contributed by atoms with Crippen LogP contribution in [0.25, 0.3) is 16.6 Å². The first-order valence-electron chi connectivity index (χ1n) is 11.9. The van der Waals surface area contributed by atoms with Crippen LogP contribution in [0.5, 0.6) is 0 Å². The summed E-state index contributed by atoms with van der Waals surface area (Å²) in [7, 11) is 0. The Morgan fingerprint density at radius 2 is 2.08 bits per heavy atom. The number of hydrogen-bond acceptors (Lipinski definition) is 5. The van der Waals surface area contributed by atoms with Crippen molar-refractivity contribution in [1.29, 1.82) is 0 Å². The van der Waals surface area contributed by atoms with Gasteiger partial charge in [-0.1, -0.05) is 12.0 Å². The van der Waals surface area contributed by atoms with Crippen LogP contribution in [-0.4, -0.2) is 44.9 Å². The van der Waals surface area contributed by atoms with Crippen molar-refractivity contribution in [1.82, 2.24) is 25.2 Å². The van der Waals surface area contributed by atoms with E-state index in [0.29, 0.717) is 48.3 Å². The van der Waals surface area contributed by atoms with Gasteiger partial charge in [-0.15, -0.1) is 5.92 Å². The standard InChI is InChI=1S/C27H25F2N5O2/c1-3-4-17-13-18(22(28)24-23(17)30-15(2)26(35)33-24)14-34-11-9-16(10-12-34)20-7-8-21(32-25(20)29)27(36)31-19-5-6-19/h7-9,13,19H,5-6,10-12,14H2,1-2H3,(H,31,36)(H,33,35). The van der Waals surface area contributed by atoms with Gasteiger partial charge in [0.15, 0.2) is 5.82 Å². The molecule has 2 aliphatic rings. The number of carbonyl (C=O) groups is 1. The number of hydrogen-bond donors (Lipinski definition) is 2. The van der Waals surface area contributed by atoms with Crippen molar-refractivity contribution < 1.29 is 13.6 Å². The maximum atomic E-state index is 15.3. The second-order valence-electron chi connectivity index (χ2n) is 9.14. The number of pyridine rings is 1. The Labute approximate surface area is 206 Å². The van der Waals surface area contributed by atoms with Gasteiger partial charge in [-0.3, -0.25) is 14.5 Å². The molecule has 0 atom stereocenters. The summed E-state index contributed by atoms with van der Waals surface area (Å²) in [4.78, 5) is 36.9. The van der Waals surface area contributed by atoms with Crippen molar-refractivity contribution >= 4 is 22.5 Å². The third-order valence-electron chi connectivity index (χ3n) is 6.45. The molecule has 1 amide bonds. The number of amides is 1. The van der Waals surface area contributed by atoms with Gasteiger partial charge in [-0.2, -0.15) is 4.39 Å². The lowest BCUT2D eigenvalue weighted by Gasteiger charge is -2.27. The molecule has 1 aliphatic carbocycles. The van der Waals surface area contributed by atoms with E-state index in [9.17, 15) is 14.0 Å². The molecule has 2 N–H and O–H groups in total. The molecule has 0 saturated heterocycles. The summed E-state index contributed by atoms with van der Waals surface area (Å²) >= 11 is 0. The second-order valence-corrected chi connectivity index (χ2v) is 9.14. The highest BCUT2D eigenvalue weighted by Crippen LogP contribution is 2.27. The van der Waals surface area contributed by atoms with Crippen LogP contribution in [0.4, 0.5) is 8.78 Å². The molecule has 184 valence electrons. The molecule has 0 bridgehead atoms. The van der Waals surface area contributed by atoms with Crippen molar-refractivity contribution in [3.8, 4) is 11.8 Å². The van der Waals surface area contributed by atoms with Gasteiger partial charge in [0.05, 0.1) is 5.56 Å². The van der Waals surface area contributed by atoms with E-state index in [4.69, 9.17) is 0 Å². The predicted octanol–water partition coefficient (Wildman–Crippen LogP) is 3.46. The predicted molar refractivity (Wildman–Crippen MR) is 132 cm³/mol. The monoisotopic (exact) mass is 489 g/mol. The van der Waals surface area contributed by atoms with Crippen molar-refractivity contribution in [2.24, 2.45) is 0 Å². The Hall–Kier alpha value is -3.90. The first-order valence-corrected chi connectivity index (χ1v) is 11.9. The Kier molecular flexibility index (Phi) is 6.37. The lowest BCUT2D eigenvalue weighted by molar-refractivity contribution is 0.0945. The van der Waals surface area contributed by atoms with E-state index < -0.39 is 17.3 Å². The van der Waals surface area contributed by atoms with Gasteiger partial charge in [0.2, 0.25) is 5.95 Å². The lowest BCUT2D eigenvalue weighted by atomic mass is 9.99. The molecule has 1 saturated carbocycles. The van der Waals surface area contributed by atoms with Crippen LogP contribution in [0.1, 0.15) is 59.1 Å². The molecule has 1 aromatic carbocycles. The maximum absolute atomic E-state index is 15.3. The number of nitrogens with zero attached hydrogens (tertiary/aromatic N) is 3. The number of rotatable bonds is 5. The number of nitrogens with one attached hydrogen (secondary N) is 2. The summed E-state index contributed by atoms with van der Waals surface area (Å²) in [5.74, 6) is 4.22. The van der Waals surface area contributed by atoms with Gasteiger partial charge >= 0.3 is 0 Å². The van der Waals surface area contributed by atoms with E-state index in [1.165, 1.54) is 0 Å². The van der Waals surface area contributed by atoms with Crippen molar-refractivity contribution in [2.75, 3.05) is 13.1 Å². The fraction of sp³-hybridized carbons (Fsp3) is 0.333. The molecule has 1 aliphatic heterocycles. The van der Waals surface area contributed by atoms with Gasteiger partial charge in [0.25, 0.3) is 11.5 Å². The number of benzene rings is 1. The van der Waals surface area contributed by atoms with Gasteiger partial charge in [-0.05, 0) is 56.9 Å². The quantitative estimate of drug-likeness (QED) is 0.423. The molecule has 1 fully saturated rings. The van der Waals surface area contributed by atoms with Crippen LogP contribution < -0.4 is 10.9 Å². The number of H-pyrrole nitrogens is 1. The molecule has 9 heteroatoms. The van der Waals surface area contributed by atoms with Gasteiger partial charge < -0.3 is 10.3 Å². The summed E-state index contributed by atoms with van der Waals surface area (Å²) in [6.07, 6.45) is 4.33. The number of fused-ring (bicyclic) bond motifs is 1. The Morgan fingerprint density at radius 1 is 1.28 bits per heavy atom. The number of aryl methyl sites for hydroxylation is 1. The Bertz CT molecular complexity index is 1530.